The lowest BCUT2D eigenvalue weighted by atomic mass is 10.2. The van der Waals surface area contributed by atoms with Crippen LogP contribution in [0, 0.1) is 0 Å². The molecule has 0 radical (unpaired) electrons. The summed E-state index contributed by atoms with van der Waals surface area (Å²) in [6.07, 6.45) is 3.38. The van der Waals surface area contributed by atoms with Gasteiger partial charge in [-0.3, -0.25) is 4.79 Å². The lowest BCUT2D eigenvalue weighted by molar-refractivity contribution is -0.132. The van der Waals surface area contributed by atoms with Crippen molar-refractivity contribution in [2.24, 2.45) is 5.73 Å². The Balaban J connectivity index is 1.73. The molecule has 22 heavy (non-hydrogen) atoms. The van der Waals surface area contributed by atoms with E-state index in [1.165, 1.54) is 18.4 Å². The lowest BCUT2D eigenvalue weighted by Gasteiger charge is -2.20. The molecule has 0 spiro atoms. The number of carbonyl (C=O) groups excluding carboxylic acids is 1. The van der Waals surface area contributed by atoms with Gasteiger partial charge in [0.2, 0.25) is 5.91 Å². The van der Waals surface area contributed by atoms with Crippen molar-refractivity contribution in [1.82, 2.24) is 4.90 Å². The van der Waals surface area contributed by atoms with Crippen LogP contribution in [0.5, 0.6) is 5.75 Å². The average molecular weight is 326 g/mol. The highest BCUT2D eigenvalue weighted by Gasteiger charge is 2.47. The van der Waals surface area contributed by atoms with Gasteiger partial charge in [0.15, 0.2) is 9.84 Å². The van der Waals surface area contributed by atoms with Gasteiger partial charge in [-0.1, -0.05) is 0 Å². The third-order valence-electron chi connectivity index (χ3n) is 3.72. The van der Waals surface area contributed by atoms with Gasteiger partial charge in [-0.25, -0.2) is 8.42 Å². The molecule has 122 valence electrons. The van der Waals surface area contributed by atoms with Gasteiger partial charge in [0, 0.05) is 19.8 Å². The van der Waals surface area contributed by atoms with Crippen molar-refractivity contribution in [3.8, 4) is 5.75 Å². The minimum absolute atomic E-state index is 0.00925. The molecule has 0 atom stereocenters. The van der Waals surface area contributed by atoms with Crippen molar-refractivity contribution in [1.29, 1.82) is 0 Å². The first-order valence-corrected chi connectivity index (χ1v) is 9.09. The fourth-order valence-electron chi connectivity index (χ4n) is 2.10. The summed E-state index contributed by atoms with van der Waals surface area (Å²) in [5.74, 6) is 0.601. The molecule has 2 N–H and O–H groups in total. The molecule has 0 saturated heterocycles. The second kappa shape index (κ2) is 6.26. The quantitative estimate of drug-likeness (QED) is 0.749. The smallest absolute Gasteiger partial charge is 0.242 e. The topological polar surface area (TPSA) is 89.7 Å². The molecule has 0 bridgehead atoms. The summed E-state index contributed by atoms with van der Waals surface area (Å²) < 4.78 is 28.2. The van der Waals surface area contributed by atoms with Gasteiger partial charge in [-0.2, -0.15) is 0 Å². The number of carbonyl (C=O) groups is 1. The van der Waals surface area contributed by atoms with E-state index in [-0.39, 0.29) is 10.8 Å². The second-order valence-electron chi connectivity index (χ2n) is 5.83. The van der Waals surface area contributed by atoms with Crippen LogP contribution in [-0.4, -0.2) is 51.2 Å². The van der Waals surface area contributed by atoms with E-state index in [9.17, 15) is 13.2 Å². The zero-order valence-corrected chi connectivity index (χ0v) is 13.7. The first-order chi connectivity index (χ1) is 10.2. The zero-order valence-electron chi connectivity index (χ0n) is 12.9. The highest BCUT2D eigenvalue weighted by molar-refractivity contribution is 7.90. The molecule has 0 unspecified atom stereocenters. The molecule has 1 amide bonds. The summed E-state index contributed by atoms with van der Waals surface area (Å²) in [5.41, 5.74) is 5.24. The average Bonchev–Trinajstić information content (AvgIpc) is 3.21. The summed E-state index contributed by atoms with van der Waals surface area (Å²) in [6, 6.07) is 6.30. The largest absolute Gasteiger partial charge is 0.494 e. The Kier molecular flexibility index (Phi) is 4.77. The molecule has 1 fully saturated rings. The standard InChI is InChI=1S/C15H22N2O4S/c1-17(14(18)15(16)8-9-15)10-3-11-21-12-4-6-13(7-5-12)22(2,19)20/h4-7H,3,8-11,16H2,1-2H3. The van der Waals surface area contributed by atoms with Crippen molar-refractivity contribution < 1.29 is 17.9 Å². The Morgan fingerprint density at radius 3 is 2.41 bits per heavy atom. The number of nitrogens with two attached hydrogens (primary N) is 1. The van der Waals surface area contributed by atoms with E-state index >= 15 is 0 Å². The van der Waals surface area contributed by atoms with Crippen LogP contribution in [0.15, 0.2) is 29.2 Å². The third-order valence-corrected chi connectivity index (χ3v) is 4.85. The van der Waals surface area contributed by atoms with Crippen LogP contribution in [0.3, 0.4) is 0 Å². The van der Waals surface area contributed by atoms with Crippen LogP contribution >= 0.6 is 0 Å². The maximum Gasteiger partial charge on any atom is 0.242 e. The lowest BCUT2D eigenvalue weighted by Crippen LogP contribution is -2.44. The Labute approximate surface area is 131 Å². The van der Waals surface area contributed by atoms with Crippen molar-refractivity contribution >= 4 is 15.7 Å². The molecule has 1 aliphatic rings. The summed E-state index contributed by atoms with van der Waals surface area (Å²) in [7, 11) is -1.44. The van der Waals surface area contributed by atoms with Crippen molar-refractivity contribution in [3.05, 3.63) is 24.3 Å². The van der Waals surface area contributed by atoms with Crippen LogP contribution in [0.2, 0.25) is 0 Å². The number of amides is 1. The van der Waals surface area contributed by atoms with E-state index in [1.54, 1.807) is 24.1 Å². The number of likely N-dealkylation sites (N-methyl/N-ethyl adjacent to an activating group) is 1. The molecule has 1 saturated carbocycles. The first kappa shape index (κ1) is 16.8. The van der Waals surface area contributed by atoms with E-state index < -0.39 is 15.4 Å². The van der Waals surface area contributed by atoms with Gasteiger partial charge in [-0.05, 0) is 43.5 Å². The van der Waals surface area contributed by atoms with Crippen LogP contribution in [0.25, 0.3) is 0 Å². The normalized spacial score (nSPS) is 16.1. The molecule has 1 aromatic carbocycles. The Bertz CT molecular complexity index is 636. The SMILES string of the molecule is CN(CCCOc1ccc(S(C)(=O)=O)cc1)C(=O)C1(N)CC1. The number of nitrogens with zero attached hydrogens (tertiary/aromatic N) is 1. The second-order valence-corrected chi connectivity index (χ2v) is 7.84. The van der Waals surface area contributed by atoms with E-state index in [0.717, 1.165) is 12.8 Å². The number of ether oxygens (including phenoxy) is 1. The first-order valence-electron chi connectivity index (χ1n) is 7.20. The predicted octanol–water partition coefficient (Wildman–Crippen LogP) is 0.809. The summed E-state index contributed by atoms with van der Waals surface area (Å²) in [6.45, 7) is 1.03. The monoisotopic (exact) mass is 326 g/mol. The fraction of sp³-hybridized carbons (Fsp3) is 0.533. The van der Waals surface area contributed by atoms with Gasteiger partial charge in [0.1, 0.15) is 5.75 Å². The minimum Gasteiger partial charge on any atom is -0.494 e. The van der Waals surface area contributed by atoms with E-state index in [0.29, 0.717) is 25.3 Å². The molecule has 6 nitrogen and oxygen atoms in total. The highest BCUT2D eigenvalue weighted by Crippen LogP contribution is 2.33. The molecular weight excluding hydrogens is 304 g/mol. The Morgan fingerprint density at radius 1 is 1.32 bits per heavy atom. The minimum atomic E-state index is -3.19. The molecule has 2 rings (SSSR count). The highest BCUT2D eigenvalue weighted by atomic mass is 32.2. The molecule has 7 heteroatoms. The van der Waals surface area contributed by atoms with E-state index in [2.05, 4.69) is 0 Å². The number of rotatable bonds is 7. The van der Waals surface area contributed by atoms with E-state index in [1.807, 2.05) is 0 Å². The van der Waals surface area contributed by atoms with Crippen LogP contribution in [0.4, 0.5) is 0 Å². The molecule has 0 aliphatic heterocycles. The maximum absolute atomic E-state index is 11.9. The summed E-state index contributed by atoms with van der Waals surface area (Å²) in [4.78, 5) is 13.8. The van der Waals surface area contributed by atoms with Crippen LogP contribution < -0.4 is 10.5 Å². The number of hydrogen-bond acceptors (Lipinski definition) is 5. The summed E-state index contributed by atoms with van der Waals surface area (Å²) in [5, 5.41) is 0. The van der Waals surface area contributed by atoms with Gasteiger partial charge in [0.25, 0.3) is 0 Å². The molecule has 1 aromatic rings. The third kappa shape index (κ3) is 4.20. The Hall–Kier alpha value is -1.60. The van der Waals surface area contributed by atoms with Gasteiger partial charge >= 0.3 is 0 Å². The van der Waals surface area contributed by atoms with Crippen LogP contribution in [-0.2, 0) is 14.6 Å². The number of hydrogen-bond donors (Lipinski definition) is 1. The van der Waals surface area contributed by atoms with Crippen molar-refractivity contribution in [2.45, 2.75) is 29.7 Å². The predicted molar refractivity (Wildman–Crippen MR) is 83.5 cm³/mol. The maximum atomic E-state index is 11.9. The van der Waals surface area contributed by atoms with Gasteiger partial charge in [-0.15, -0.1) is 0 Å². The molecule has 0 heterocycles. The zero-order chi connectivity index (χ0) is 16.4. The van der Waals surface area contributed by atoms with Gasteiger partial charge in [0.05, 0.1) is 17.0 Å². The van der Waals surface area contributed by atoms with Gasteiger partial charge < -0.3 is 15.4 Å². The fourth-order valence-corrected chi connectivity index (χ4v) is 2.74. The molecule has 1 aliphatic carbocycles. The van der Waals surface area contributed by atoms with Crippen molar-refractivity contribution in [3.63, 3.8) is 0 Å². The van der Waals surface area contributed by atoms with Crippen LogP contribution in [0.1, 0.15) is 19.3 Å². The number of sulfone groups is 1. The molecule has 0 aromatic heterocycles. The Morgan fingerprint density at radius 2 is 1.91 bits per heavy atom. The number of benzene rings is 1. The van der Waals surface area contributed by atoms with Crippen molar-refractivity contribution in [2.75, 3.05) is 26.5 Å². The van der Waals surface area contributed by atoms with E-state index in [4.69, 9.17) is 10.5 Å². The molecular formula is C15H22N2O4S. The summed E-state index contributed by atoms with van der Waals surface area (Å²) >= 11 is 0.